The van der Waals surface area contributed by atoms with Gasteiger partial charge < -0.3 is 15.2 Å². The monoisotopic (exact) mass is 275 g/mol. The first-order valence-corrected chi connectivity index (χ1v) is 6.41. The van der Waals surface area contributed by atoms with Gasteiger partial charge in [0.05, 0.1) is 18.8 Å². The molecule has 0 bridgehead atoms. The number of methoxy groups -OCH3 is 1. The van der Waals surface area contributed by atoms with Gasteiger partial charge >= 0.3 is 0 Å². The number of hydrogen-bond acceptors (Lipinski definition) is 3. The number of benzene rings is 2. The van der Waals surface area contributed by atoms with Gasteiger partial charge in [-0.15, -0.1) is 0 Å². The van der Waals surface area contributed by atoms with Crippen LogP contribution in [0, 0.1) is 12.7 Å². The molecule has 0 fully saturated rings. The lowest BCUT2D eigenvalue weighted by molar-refractivity contribution is 0.412. The Hall–Kier alpha value is -2.23. The van der Waals surface area contributed by atoms with Crippen LogP contribution in [0.5, 0.6) is 11.5 Å². The Bertz CT molecular complexity index is 613. The van der Waals surface area contributed by atoms with E-state index in [9.17, 15) is 9.50 Å². The van der Waals surface area contributed by atoms with Crippen LogP contribution in [0.4, 0.5) is 10.1 Å². The van der Waals surface area contributed by atoms with Crippen molar-refractivity contribution < 1.29 is 14.2 Å². The quantitative estimate of drug-likeness (QED) is 0.885. The molecule has 0 spiro atoms. The fourth-order valence-corrected chi connectivity index (χ4v) is 2.12. The minimum absolute atomic E-state index is 0.130. The molecule has 106 valence electrons. The number of aryl methyl sites for hydroxylation is 1. The van der Waals surface area contributed by atoms with Gasteiger partial charge in [-0.2, -0.15) is 0 Å². The molecule has 2 aromatic carbocycles. The number of ether oxygens (including phenoxy) is 1. The molecule has 4 heteroatoms. The zero-order valence-corrected chi connectivity index (χ0v) is 11.8. The molecule has 0 heterocycles. The van der Waals surface area contributed by atoms with Crippen LogP contribution in [0.25, 0.3) is 0 Å². The molecule has 1 atom stereocenters. The second-order valence-corrected chi connectivity index (χ2v) is 4.77. The average molecular weight is 275 g/mol. The molecular weight excluding hydrogens is 257 g/mol. The van der Waals surface area contributed by atoms with Crippen molar-refractivity contribution in [2.45, 2.75) is 19.9 Å². The number of halogens is 1. The zero-order valence-electron chi connectivity index (χ0n) is 11.8. The molecule has 3 nitrogen and oxygen atoms in total. The summed E-state index contributed by atoms with van der Waals surface area (Å²) in [7, 11) is 1.49. The number of phenols is 1. The van der Waals surface area contributed by atoms with Crippen molar-refractivity contribution in [1.82, 2.24) is 0 Å². The highest BCUT2D eigenvalue weighted by molar-refractivity contribution is 5.58. The molecule has 20 heavy (non-hydrogen) atoms. The van der Waals surface area contributed by atoms with Crippen molar-refractivity contribution in [1.29, 1.82) is 0 Å². The van der Waals surface area contributed by atoms with Crippen molar-refractivity contribution in [3.63, 3.8) is 0 Å². The molecular formula is C16H18FNO2. The van der Waals surface area contributed by atoms with E-state index >= 15 is 0 Å². The molecule has 0 radical (unpaired) electrons. The third-order valence-corrected chi connectivity index (χ3v) is 3.19. The highest BCUT2D eigenvalue weighted by atomic mass is 19.1. The summed E-state index contributed by atoms with van der Waals surface area (Å²) in [5.74, 6) is 0.327. The second-order valence-electron chi connectivity index (χ2n) is 4.77. The van der Waals surface area contributed by atoms with Gasteiger partial charge in [0, 0.05) is 11.6 Å². The Kier molecular flexibility index (Phi) is 4.13. The summed E-state index contributed by atoms with van der Waals surface area (Å²) in [6.45, 7) is 3.85. The third kappa shape index (κ3) is 3.02. The number of aromatic hydroxyl groups is 1. The predicted molar refractivity (Wildman–Crippen MR) is 77.8 cm³/mol. The minimum atomic E-state index is -0.349. The summed E-state index contributed by atoms with van der Waals surface area (Å²) in [5.41, 5.74) is 2.46. The van der Waals surface area contributed by atoms with E-state index in [0.717, 1.165) is 11.1 Å². The molecule has 0 aliphatic rings. The van der Waals surface area contributed by atoms with Gasteiger partial charge in [0.25, 0.3) is 0 Å². The van der Waals surface area contributed by atoms with E-state index in [0.29, 0.717) is 11.4 Å². The second kappa shape index (κ2) is 5.82. The fraction of sp³-hybridized carbons (Fsp3) is 0.250. The molecule has 0 saturated heterocycles. The standard InChI is InChI=1S/C16H18FNO2/c1-10-4-6-13(15(19)8-10)11(2)18-14-7-5-12(17)9-16(14)20-3/h4-9,11,18-19H,1-3H3. The fourth-order valence-electron chi connectivity index (χ4n) is 2.12. The molecule has 0 aliphatic carbocycles. The molecule has 1 unspecified atom stereocenters. The highest BCUT2D eigenvalue weighted by Crippen LogP contribution is 2.32. The topological polar surface area (TPSA) is 41.5 Å². The Morgan fingerprint density at radius 1 is 1.20 bits per heavy atom. The molecule has 2 N–H and O–H groups in total. The highest BCUT2D eigenvalue weighted by Gasteiger charge is 2.13. The normalized spacial score (nSPS) is 12.0. The van der Waals surface area contributed by atoms with Crippen molar-refractivity contribution in [3.8, 4) is 11.5 Å². The van der Waals surface area contributed by atoms with Crippen LogP contribution >= 0.6 is 0 Å². The van der Waals surface area contributed by atoms with Crippen molar-refractivity contribution >= 4 is 5.69 Å². The van der Waals surface area contributed by atoms with E-state index < -0.39 is 0 Å². The van der Waals surface area contributed by atoms with Gasteiger partial charge in [0.1, 0.15) is 17.3 Å². The van der Waals surface area contributed by atoms with Crippen LogP contribution in [0.2, 0.25) is 0 Å². The van der Waals surface area contributed by atoms with E-state index in [1.165, 1.54) is 19.2 Å². The van der Waals surface area contributed by atoms with E-state index in [1.807, 2.05) is 26.0 Å². The van der Waals surface area contributed by atoms with E-state index in [-0.39, 0.29) is 17.6 Å². The molecule has 0 amide bonds. The largest absolute Gasteiger partial charge is 0.508 e. The zero-order chi connectivity index (χ0) is 14.7. The first-order valence-electron chi connectivity index (χ1n) is 6.41. The van der Waals surface area contributed by atoms with Gasteiger partial charge in [-0.05, 0) is 37.6 Å². The molecule has 0 aromatic heterocycles. The van der Waals surface area contributed by atoms with Gasteiger partial charge in [0.15, 0.2) is 0 Å². The summed E-state index contributed by atoms with van der Waals surface area (Å²) in [6.07, 6.45) is 0. The maximum absolute atomic E-state index is 13.2. The summed E-state index contributed by atoms with van der Waals surface area (Å²) in [6, 6.07) is 9.71. The maximum Gasteiger partial charge on any atom is 0.144 e. The Morgan fingerprint density at radius 3 is 2.60 bits per heavy atom. The van der Waals surface area contributed by atoms with Crippen molar-refractivity contribution in [2.24, 2.45) is 0 Å². The van der Waals surface area contributed by atoms with Gasteiger partial charge in [-0.1, -0.05) is 12.1 Å². The lowest BCUT2D eigenvalue weighted by Crippen LogP contribution is -2.08. The molecule has 2 rings (SSSR count). The van der Waals surface area contributed by atoms with Crippen LogP contribution in [-0.2, 0) is 0 Å². The first kappa shape index (κ1) is 14.2. The number of phenolic OH excluding ortho intramolecular Hbond substituents is 1. The first-order chi connectivity index (χ1) is 9.51. The molecule has 0 aliphatic heterocycles. The smallest absolute Gasteiger partial charge is 0.144 e. The molecule has 2 aromatic rings. The van der Waals surface area contributed by atoms with Crippen LogP contribution in [0.1, 0.15) is 24.1 Å². The van der Waals surface area contributed by atoms with Crippen LogP contribution in [-0.4, -0.2) is 12.2 Å². The SMILES string of the molecule is COc1cc(F)ccc1NC(C)c1ccc(C)cc1O. The summed E-state index contributed by atoms with van der Waals surface area (Å²) in [4.78, 5) is 0. The molecule has 0 saturated carbocycles. The maximum atomic E-state index is 13.2. The van der Waals surface area contributed by atoms with Crippen molar-refractivity contribution in [3.05, 3.63) is 53.3 Å². The Morgan fingerprint density at radius 2 is 1.95 bits per heavy atom. The van der Waals surface area contributed by atoms with Crippen LogP contribution < -0.4 is 10.1 Å². The van der Waals surface area contributed by atoms with E-state index in [2.05, 4.69) is 5.32 Å². The van der Waals surface area contributed by atoms with Gasteiger partial charge in [-0.3, -0.25) is 0 Å². The lowest BCUT2D eigenvalue weighted by Gasteiger charge is -2.19. The number of rotatable bonds is 4. The van der Waals surface area contributed by atoms with Crippen LogP contribution in [0.3, 0.4) is 0 Å². The van der Waals surface area contributed by atoms with E-state index in [1.54, 1.807) is 12.1 Å². The number of anilines is 1. The Labute approximate surface area is 118 Å². The third-order valence-electron chi connectivity index (χ3n) is 3.19. The van der Waals surface area contributed by atoms with Gasteiger partial charge in [0.2, 0.25) is 0 Å². The summed E-state index contributed by atoms with van der Waals surface area (Å²) in [5, 5.41) is 13.2. The summed E-state index contributed by atoms with van der Waals surface area (Å²) < 4.78 is 18.3. The predicted octanol–water partition coefficient (Wildman–Crippen LogP) is 4.02. The van der Waals surface area contributed by atoms with Crippen molar-refractivity contribution in [2.75, 3.05) is 12.4 Å². The number of nitrogens with one attached hydrogen (secondary N) is 1. The lowest BCUT2D eigenvalue weighted by atomic mass is 10.0. The summed E-state index contributed by atoms with van der Waals surface area (Å²) >= 11 is 0. The van der Waals surface area contributed by atoms with Gasteiger partial charge in [-0.25, -0.2) is 4.39 Å². The van der Waals surface area contributed by atoms with E-state index in [4.69, 9.17) is 4.74 Å². The Balaban J connectivity index is 2.25. The number of hydrogen-bond donors (Lipinski definition) is 2. The average Bonchev–Trinajstić information content (AvgIpc) is 2.40. The minimum Gasteiger partial charge on any atom is -0.508 e. The van der Waals surface area contributed by atoms with Crippen LogP contribution in [0.15, 0.2) is 36.4 Å².